The number of piperidine rings is 1. The van der Waals surface area contributed by atoms with Crippen molar-refractivity contribution in [1.29, 1.82) is 0 Å². The van der Waals surface area contributed by atoms with Crippen LogP contribution >= 0.6 is 0 Å². The van der Waals surface area contributed by atoms with Gasteiger partial charge in [0.15, 0.2) is 0 Å². The Labute approximate surface area is 143 Å². The molecule has 2 fully saturated rings. The van der Waals surface area contributed by atoms with Crippen molar-refractivity contribution >= 4 is 11.9 Å². The van der Waals surface area contributed by atoms with Crippen molar-refractivity contribution in [3.05, 3.63) is 30.1 Å². The van der Waals surface area contributed by atoms with Crippen LogP contribution in [0, 0.1) is 5.92 Å². The van der Waals surface area contributed by atoms with Crippen LogP contribution in [0.1, 0.15) is 52.0 Å². The molecule has 1 amide bonds. The third kappa shape index (κ3) is 3.77. The van der Waals surface area contributed by atoms with Crippen molar-refractivity contribution in [3.63, 3.8) is 0 Å². The number of hydrogen-bond acceptors (Lipinski definition) is 4. The molecule has 2 aliphatic heterocycles. The molecule has 2 unspecified atom stereocenters. The lowest BCUT2D eigenvalue weighted by molar-refractivity contribution is -0.124. The third-order valence-electron chi connectivity index (χ3n) is 4.89. The monoisotopic (exact) mass is 330 g/mol. The first-order chi connectivity index (χ1) is 11.3. The quantitative estimate of drug-likeness (QED) is 0.852. The van der Waals surface area contributed by atoms with Crippen LogP contribution in [0.15, 0.2) is 24.5 Å². The Bertz CT molecular complexity index is 595. The normalized spacial score (nSPS) is 26.3. The van der Waals surface area contributed by atoms with Crippen LogP contribution < -0.4 is 0 Å². The summed E-state index contributed by atoms with van der Waals surface area (Å²) in [6.45, 7) is 5.66. The molecule has 3 heterocycles. The minimum absolute atomic E-state index is 0.0430. The number of amides is 1. The maximum Gasteiger partial charge on any atom is 0.410 e. The fourth-order valence-electron chi connectivity index (χ4n) is 3.90. The summed E-state index contributed by atoms with van der Waals surface area (Å²) < 4.78 is 5.54. The van der Waals surface area contributed by atoms with E-state index in [2.05, 4.69) is 4.98 Å². The predicted molar refractivity (Wildman–Crippen MR) is 90.6 cm³/mol. The second-order valence-corrected chi connectivity index (χ2v) is 7.95. The first-order valence-corrected chi connectivity index (χ1v) is 8.76. The van der Waals surface area contributed by atoms with Crippen molar-refractivity contribution < 1.29 is 14.3 Å². The van der Waals surface area contributed by atoms with E-state index in [1.165, 1.54) is 0 Å². The second-order valence-electron chi connectivity index (χ2n) is 7.95. The number of aromatic nitrogens is 1. The molecule has 130 valence electrons. The summed E-state index contributed by atoms with van der Waals surface area (Å²) in [6, 6.07) is 4.08. The molecular weight excluding hydrogens is 304 g/mol. The average molecular weight is 330 g/mol. The molecule has 2 bridgehead atoms. The van der Waals surface area contributed by atoms with Crippen LogP contribution in [0.3, 0.4) is 0 Å². The highest BCUT2D eigenvalue weighted by Crippen LogP contribution is 2.40. The molecule has 0 aromatic carbocycles. The van der Waals surface area contributed by atoms with Gasteiger partial charge in [-0.05, 0) is 58.1 Å². The van der Waals surface area contributed by atoms with Crippen LogP contribution in [0.2, 0.25) is 0 Å². The summed E-state index contributed by atoms with van der Waals surface area (Å²) in [5.41, 5.74) is 0.480. The molecule has 0 radical (unpaired) electrons. The SMILES string of the molecule is CC(C)(C)OC(=O)N1C2CCC1CC(C(=O)Cc1cccnc1)C2. The summed E-state index contributed by atoms with van der Waals surface area (Å²) in [7, 11) is 0. The molecule has 24 heavy (non-hydrogen) atoms. The zero-order valence-electron chi connectivity index (χ0n) is 14.7. The van der Waals surface area contributed by atoms with Gasteiger partial charge in [0, 0.05) is 36.8 Å². The number of carbonyl (C=O) groups is 2. The lowest BCUT2D eigenvalue weighted by Crippen LogP contribution is -2.49. The number of ketones is 1. The topological polar surface area (TPSA) is 59.5 Å². The van der Waals surface area contributed by atoms with Gasteiger partial charge in [0.25, 0.3) is 0 Å². The highest BCUT2D eigenvalue weighted by Gasteiger charge is 2.46. The molecule has 0 aliphatic carbocycles. The lowest BCUT2D eigenvalue weighted by atomic mass is 9.85. The first kappa shape index (κ1) is 16.9. The van der Waals surface area contributed by atoms with Gasteiger partial charge < -0.3 is 9.64 Å². The maximum absolute atomic E-state index is 12.6. The number of nitrogens with zero attached hydrogens (tertiary/aromatic N) is 2. The van der Waals surface area contributed by atoms with E-state index in [4.69, 9.17) is 4.74 Å². The molecule has 3 rings (SSSR count). The van der Waals surface area contributed by atoms with Gasteiger partial charge in [-0.1, -0.05) is 6.07 Å². The molecule has 2 atom stereocenters. The van der Waals surface area contributed by atoms with Crippen LogP contribution in [0.5, 0.6) is 0 Å². The highest BCUT2D eigenvalue weighted by atomic mass is 16.6. The van der Waals surface area contributed by atoms with E-state index in [-0.39, 0.29) is 29.9 Å². The van der Waals surface area contributed by atoms with E-state index in [9.17, 15) is 9.59 Å². The zero-order chi connectivity index (χ0) is 17.3. The van der Waals surface area contributed by atoms with E-state index in [1.807, 2.05) is 37.8 Å². The molecule has 2 aliphatic rings. The number of Topliss-reactive ketones (excluding diaryl/α,β-unsaturated/α-hetero) is 1. The fraction of sp³-hybridized carbons (Fsp3) is 0.632. The number of ether oxygens (including phenoxy) is 1. The second kappa shape index (κ2) is 6.54. The van der Waals surface area contributed by atoms with Gasteiger partial charge in [-0.3, -0.25) is 9.78 Å². The van der Waals surface area contributed by atoms with Crippen LogP contribution in [0.4, 0.5) is 4.79 Å². The van der Waals surface area contributed by atoms with Gasteiger partial charge in [-0.15, -0.1) is 0 Å². The maximum atomic E-state index is 12.6. The summed E-state index contributed by atoms with van der Waals surface area (Å²) in [6.07, 6.45) is 7.14. The van der Waals surface area contributed by atoms with E-state index >= 15 is 0 Å². The van der Waals surface area contributed by atoms with Gasteiger partial charge in [-0.25, -0.2) is 4.79 Å². The van der Waals surface area contributed by atoms with Crippen molar-refractivity contribution in [2.45, 2.75) is 70.6 Å². The predicted octanol–water partition coefficient (Wildman–Crippen LogP) is 3.37. The smallest absolute Gasteiger partial charge is 0.410 e. The van der Waals surface area contributed by atoms with Crippen molar-refractivity contribution in [1.82, 2.24) is 9.88 Å². The Morgan fingerprint density at radius 3 is 2.46 bits per heavy atom. The highest BCUT2D eigenvalue weighted by molar-refractivity contribution is 5.84. The van der Waals surface area contributed by atoms with E-state index in [0.29, 0.717) is 6.42 Å². The van der Waals surface area contributed by atoms with E-state index in [1.54, 1.807) is 12.4 Å². The lowest BCUT2D eigenvalue weighted by Gasteiger charge is -2.39. The molecule has 0 saturated carbocycles. The van der Waals surface area contributed by atoms with Crippen molar-refractivity contribution in [2.24, 2.45) is 5.92 Å². The minimum atomic E-state index is -0.483. The third-order valence-corrected chi connectivity index (χ3v) is 4.89. The summed E-state index contributed by atoms with van der Waals surface area (Å²) in [5.74, 6) is 0.310. The molecule has 2 saturated heterocycles. The van der Waals surface area contributed by atoms with Gasteiger partial charge in [0.05, 0.1) is 0 Å². The standard InChI is InChI=1S/C19H26N2O3/c1-19(2,3)24-18(23)21-15-6-7-16(21)11-14(10-15)17(22)9-13-5-4-8-20-12-13/h4-5,8,12,14-16H,6-7,9-11H2,1-3H3. The Morgan fingerprint density at radius 1 is 1.25 bits per heavy atom. The molecule has 0 N–H and O–H groups in total. The zero-order valence-corrected chi connectivity index (χ0v) is 14.7. The average Bonchev–Trinajstić information content (AvgIpc) is 2.77. The number of carbonyl (C=O) groups excluding carboxylic acids is 2. The molecule has 1 aromatic rings. The Hall–Kier alpha value is -1.91. The number of hydrogen-bond donors (Lipinski definition) is 0. The van der Waals surface area contributed by atoms with Gasteiger partial charge in [0.1, 0.15) is 11.4 Å². The number of rotatable bonds is 3. The van der Waals surface area contributed by atoms with E-state index in [0.717, 1.165) is 31.2 Å². The van der Waals surface area contributed by atoms with Crippen molar-refractivity contribution in [2.75, 3.05) is 0 Å². The minimum Gasteiger partial charge on any atom is -0.444 e. The summed E-state index contributed by atoms with van der Waals surface area (Å²) in [5, 5.41) is 0. The number of pyridine rings is 1. The van der Waals surface area contributed by atoms with Gasteiger partial charge >= 0.3 is 6.09 Å². The van der Waals surface area contributed by atoms with Gasteiger partial charge in [-0.2, -0.15) is 0 Å². The van der Waals surface area contributed by atoms with Crippen molar-refractivity contribution in [3.8, 4) is 0 Å². The molecule has 5 nitrogen and oxygen atoms in total. The summed E-state index contributed by atoms with van der Waals surface area (Å²) >= 11 is 0. The molecule has 5 heteroatoms. The number of fused-ring (bicyclic) bond motifs is 2. The fourth-order valence-corrected chi connectivity index (χ4v) is 3.90. The molecule has 0 spiro atoms. The van der Waals surface area contributed by atoms with Crippen LogP contribution in [0.25, 0.3) is 0 Å². The van der Waals surface area contributed by atoms with Crippen LogP contribution in [-0.2, 0) is 16.0 Å². The Kier molecular flexibility index (Phi) is 4.61. The molecule has 1 aromatic heterocycles. The Morgan fingerprint density at radius 2 is 1.92 bits per heavy atom. The summed E-state index contributed by atoms with van der Waals surface area (Å²) in [4.78, 5) is 31.0. The first-order valence-electron chi connectivity index (χ1n) is 8.76. The Balaban J connectivity index is 1.62. The largest absolute Gasteiger partial charge is 0.444 e. The molecular formula is C19H26N2O3. The van der Waals surface area contributed by atoms with E-state index < -0.39 is 5.60 Å². The van der Waals surface area contributed by atoms with Gasteiger partial charge in [0.2, 0.25) is 0 Å². The van der Waals surface area contributed by atoms with Crippen LogP contribution in [-0.4, -0.2) is 39.4 Å².